The molecule has 0 radical (unpaired) electrons. The summed E-state index contributed by atoms with van der Waals surface area (Å²) in [7, 11) is 1.53. The lowest BCUT2D eigenvalue weighted by atomic mass is 10.1. The maximum absolute atomic E-state index is 11.1. The summed E-state index contributed by atoms with van der Waals surface area (Å²) >= 11 is 0. The normalized spacial score (nSPS) is 13.9. The highest BCUT2D eigenvalue weighted by atomic mass is 16.5. The monoisotopic (exact) mass is 177 g/mol. The number of methoxy groups -OCH3 is 1. The van der Waals surface area contributed by atoms with Crippen LogP contribution in [-0.4, -0.2) is 18.8 Å². The van der Waals surface area contributed by atoms with Crippen LogP contribution >= 0.6 is 0 Å². The van der Waals surface area contributed by atoms with Crippen LogP contribution in [0.5, 0.6) is 5.75 Å². The van der Waals surface area contributed by atoms with Gasteiger partial charge in [0.15, 0.2) is 0 Å². The van der Waals surface area contributed by atoms with Gasteiger partial charge in [-0.3, -0.25) is 9.59 Å². The third-order valence-electron chi connectivity index (χ3n) is 1.93. The van der Waals surface area contributed by atoms with E-state index in [4.69, 9.17) is 4.74 Å². The number of benzene rings is 1. The minimum Gasteiger partial charge on any atom is -0.497 e. The molecule has 4 nitrogen and oxygen atoms in total. The molecule has 2 rings (SSSR count). The smallest absolute Gasteiger partial charge is 0.296 e. The minimum atomic E-state index is -0.580. The minimum absolute atomic E-state index is 0.408. The fourth-order valence-corrected chi connectivity index (χ4v) is 1.25. The van der Waals surface area contributed by atoms with Gasteiger partial charge in [-0.2, -0.15) is 0 Å². The Kier molecular flexibility index (Phi) is 1.55. The molecule has 1 N–H and O–H groups in total. The Balaban J connectivity index is 2.52. The molecule has 0 unspecified atom stereocenters. The van der Waals surface area contributed by atoms with Gasteiger partial charge in [0.25, 0.3) is 11.7 Å². The van der Waals surface area contributed by atoms with Crippen LogP contribution in [0.2, 0.25) is 0 Å². The van der Waals surface area contributed by atoms with Crippen LogP contribution in [-0.2, 0) is 4.79 Å². The number of rotatable bonds is 1. The maximum Gasteiger partial charge on any atom is 0.296 e. The molecule has 0 aromatic heterocycles. The third-order valence-corrected chi connectivity index (χ3v) is 1.93. The van der Waals surface area contributed by atoms with E-state index >= 15 is 0 Å². The molecule has 66 valence electrons. The molecular weight excluding hydrogens is 170 g/mol. The average molecular weight is 177 g/mol. The average Bonchev–Trinajstić information content (AvgIpc) is 2.42. The first-order chi connectivity index (χ1) is 6.22. The van der Waals surface area contributed by atoms with Crippen LogP contribution in [0, 0.1) is 0 Å². The number of hydrogen-bond acceptors (Lipinski definition) is 3. The molecule has 1 aliphatic rings. The number of carbonyl (C=O) groups is 2. The Morgan fingerprint density at radius 3 is 2.77 bits per heavy atom. The first kappa shape index (κ1) is 7.79. The first-order valence-corrected chi connectivity index (χ1v) is 3.76. The van der Waals surface area contributed by atoms with Crippen molar-refractivity contribution in [2.45, 2.75) is 0 Å². The predicted octanol–water partition coefficient (Wildman–Crippen LogP) is 0.830. The summed E-state index contributed by atoms with van der Waals surface area (Å²) in [6.45, 7) is 0. The summed E-state index contributed by atoms with van der Waals surface area (Å²) in [6, 6.07) is 4.85. The summed E-state index contributed by atoms with van der Waals surface area (Å²) in [5.74, 6) is -0.449. The van der Waals surface area contributed by atoms with Crippen LogP contribution in [0.3, 0.4) is 0 Å². The van der Waals surface area contributed by atoms with Crippen LogP contribution in [0.4, 0.5) is 5.69 Å². The topological polar surface area (TPSA) is 55.4 Å². The van der Waals surface area contributed by atoms with Gasteiger partial charge < -0.3 is 10.1 Å². The van der Waals surface area contributed by atoms with Gasteiger partial charge in [-0.1, -0.05) is 0 Å². The second-order valence-corrected chi connectivity index (χ2v) is 2.69. The zero-order chi connectivity index (χ0) is 9.42. The van der Waals surface area contributed by atoms with Gasteiger partial charge in [0, 0.05) is 6.07 Å². The number of hydrogen-bond donors (Lipinski definition) is 1. The summed E-state index contributed by atoms with van der Waals surface area (Å²) in [6.07, 6.45) is 0. The van der Waals surface area contributed by atoms with Crippen LogP contribution in [0.15, 0.2) is 18.2 Å². The fourth-order valence-electron chi connectivity index (χ4n) is 1.25. The zero-order valence-corrected chi connectivity index (χ0v) is 6.96. The molecule has 0 aliphatic carbocycles. The molecule has 1 heterocycles. The van der Waals surface area contributed by atoms with Crippen molar-refractivity contribution in [3.63, 3.8) is 0 Å². The van der Waals surface area contributed by atoms with Crippen molar-refractivity contribution in [1.82, 2.24) is 0 Å². The molecule has 0 saturated heterocycles. The number of anilines is 1. The van der Waals surface area contributed by atoms with Crippen molar-refractivity contribution in [2.24, 2.45) is 0 Å². The Hall–Kier alpha value is -1.84. The van der Waals surface area contributed by atoms with E-state index in [0.717, 1.165) is 0 Å². The molecule has 0 spiro atoms. The standard InChI is InChI=1S/C9H7NO3/c1-13-5-2-3-6-7(4-5)10-9(12)8(6)11/h2-4H,1H3,(H,10,11,12). The van der Waals surface area contributed by atoms with Gasteiger partial charge >= 0.3 is 0 Å². The Morgan fingerprint density at radius 1 is 1.31 bits per heavy atom. The van der Waals surface area contributed by atoms with E-state index in [-0.39, 0.29) is 0 Å². The molecule has 4 heteroatoms. The summed E-state index contributed by atoms with van der Waals surface area (Å²) in [4.78, 5) is 22.1. The maximum atomic E-state index is 11.1. The zero-order valence-electron chi connectivity index (χ0n) is 6.96. The highest BCUT2D eigenvalue weighted by molar-refractivity contribution is 6.51. The van der Waals surface area contributed by atoms with Crippen LogP contribution in [0.1, 0.15) is 10.4 Å². The van der Waals surface area contributed by atoms with Crippen LogP contribution < -0.4 is 10.1 Å². The number of Topliss-reactive ketones (excluding diaryl/α,β-unsaturated/α-hetero) is 1. The van der Waals surface area contributed by atoms with Gasteiger partial charge in [-0.25, -0.2) is 0 Å². The number of nitrogens with one attached hydrogen (secondary N) is 1. The van der Waals surface area contributed by atoms with Crippen LogP contribution in [0.25, 0.3) is 0 Å². The Labute approximate surface area is 74.5 Å². The molecule has 0 atom stereocenters. The lowest BCUT2D eigenvalue weighted by Gasteiger charge is -2.00. The highest BCUT2D eigenvalue weighted by Crippen LogP contribution is 2.27. The van der Waals surface area contributed by atoms with Gasteiger partial charge in [0.05, 0.1) is 18.4 Å². The van der Waals surface area contributed by atoms with Crippen molar-refractivity contribution >= 4 is 17.4 Å². The molecular formula is C9H7NO3. The lowest BCUT2D eigenvalue weighted by Crippen LogP contribution is -2.12. The fraction of sp³-hybridized carbons (Fsp3) is 0.111. The molecule has 1 aromatic rings. The van der Waals surface area contributed by atoms with E-state index in [1.807, 2.05) is 0 Å². The second-order valence-electron chi connectivity index (χ2n) is 2.69. The van der Waals surface area contributed by atoms with Gasteiger partial charge in [-0.05, 0) is 12.1 Å². The molecule has 13 heavy (non-hydrogen) atoms. The number of ketones is 1. The lowest BCUT2D eigenvalue weighted by molar-refractivity contribution is -0.112. The first-order valence-electron chi connectivity index (χ1n) is 3.76. The second kappa shape index (κ2) is 2.58. The summed E-state index contributed by atoms with van der Waals surface area (Å²) in [5.41, 5.74) is 0.931. The van der Waals surface area contributed by atoms with Gasteiger partial charge in [0.1, 0.15) is 5.75 Å². The quantitative estimate of drug-likeness (QED) is 0.646. The van der Waals surface area contributed by atoms with Crippen molar-refractivity contribution in [3.05, 3.63) is 23.8 Å². The van der Waals surface area contributed by atoms with Crippen molar-refractivity contribution in [3.8, 4) is 5.75 Å². The van der Waals surface area contributed by atoms with Crippen molar-refractivity contribution < 1.29 is 14.3 Å². The molecule has 1 aliphatic heterocycles. The number of amides is 1. The molecule has 0 bridgehead atoms. The summed E-state index contributed by atoms with van der Waals surface area (Å²) < 4.78 is 4.95. The largest absolute Gasteiger partial charge is 0.497 e. The molecule has 1 aromatic carbocycles. The van der Waals surface area contributed by atoms with Crippen molar-refractivity contribution in [2.75, 3.05) is 12.4 Å². The van der Waals surface area contributed by atoms with E-state index in [1.54, 1.807) is 18.2 Å². The van der Waals surface area contributed by atoms with E-state index in [0.29, 0.717) is 17.0 Å². The highest BCUT2D eigenvalue weighted by Gasteiger charge is 2.27. The molecule has 0 saturated carbocycles. The van der Waals surface area contributed by atoms with E-state index in [2.05, 4.69) is 5.32 Å². The number of carbonyl (C=O) groups excluding carboxylic acids is 2. The van der Waals surface area contributed by atoms with E-state index in [1.165, 1.54) is 7.11 Å². The van der Waals surface area contributed by atoms with Gasteiger partial charge in [-0.15, -0.1) is 0 Å². The van der Waals surface area contributed by atoms with Crippen molar-refractivity contribution in [1.29, 1.82) is 0 Å². The number of ether oxygens (including phenoxy) is 1. The third kappa shape index (κ3) is 1.07. The predicted molar refractivity (Wildman–Crippen MR) is 46.0 cm³/mol. The molecule has 1 amide bonds. The Morgan fingerprint density at radius 2 is 2.08 bits per heavy atom. The van der Waals surface area contributed by atoms with E-state index < -0.39 is 11.7 Å². The van der Waals surface area contributed by atoms with E-state index in [9.17, 15) is 9.59 Å². The molecule has 0 fully saturated rings. The van der Waals surface area contributed by atoms with Gasteiger partial charge in [0.2, 0.25) is 0 Å². The number of fused-ring (bicyclic) bond motifs is 1. The SMILES string of the molecule is COc1ccc2c(c1)NC(=O)C2=O. The summed E-state index contributed by atoms with van der Waals surface area (Å²) in [5, 5.41) is 2.45. The Bertz CT molecular complexity index is 398.